The van der Waals surface area contributed by atoms with Crippen molar-refractivity contribution in [3.63, 3.8) is 0 Å². The molecule has 1 heterocycles. The maximum Gasteiger partial charge on any atom is 0.334 e. The van der Waals surface area contributed by atoms with Crippen molar-refractivity contribution >= 4 is 17.8 Å². The number of nitrogens with two attached hydrogens (primary N) is 2. The van der Waals surface area contributed by atoms with Gasteiger partial charge in [-0.3, -0.25) is 19.4 Å². The van der Waals surface area contributed by atoms with E-state index in [9.17, 15) is 14.4 Å². The van der Waals surface area contributed by atoms with Gasteiger partial charge in [0.25, 0.3) is 11.8 Å². The molecule has 0 aromatic heterocycles. The van der Waals surface area contributed by atoms with Crippen molar-refractivity contribution < 1.29 is 14.4 Å². The largest absolute Gasteiger partial charge is 0.385 e. The number of carbonyl (C=O) groups is 3. The van der Waals surface area contributed by atoms with Crippen LogP contribution in [-0.2, 0) is 9.59 Å². The summed E-state index contributed by atoms with van der Waals surface area (Å²) >= 11 is 0. The summed E-state index contributed by atoms with van der Waals surface area (Å²) in [5.41, 5.74) is 10.9. The van der Waals surface area contributed by atoms with Gasteiger partial charge >= 0.3 is 6.03 Å². The molecule has 0 unspecified atom stereocenters. The third kappa shape index (κ3) is 3.48. The van der Waals surface area contributed by atoms with Gasteiger partial charge in [-0.2, -0.15) is 0 Å². The first-order chi connectivity index (χ1) is 11.0. The number of carbonyl (C=O) groups excluding carboxylic acids is 3. The fourth-order valence-corrected chi connectivity index (χ4v) is 3.25. The predicted molar refractivity (Wildman–Crippen MR) is 85.8 cm³/mol. The maximum absolute atomic E-state index is 12.7. The van der Waals surface area contributed by atoms with Crippen LogP contribution in [0.1, 0.15) is 58.3 Å². The number of hydrogen-bond donors (Lipinski definition) is 2. The van der Waals surface area contributed by atoms with Gasteiger partial charge in [-0.1, -0.05) is 39.0 Å². The number of imide groups is 2. The molecule has 23 heavy (non-hydrogen) atoms. The zero-order chi connectivity index (χ0) is 17.0. The van der Waals surface area contributed by atoms with Crippen molar-refractivity contribution in [2.45, 2.75) is 64.3 Å². The Balaban J connectivity index is 2.34. The molecule has 7 heteroatoms. The molecule has 1 aliphatic heterocycles. The van der Waals surface area contributed by atoms with Crippen LogP contribution in [0.2, 0.25) is 0 Å². The molecule has 0 spiro atoms. The van der Waals surface area contributed by atoms with Crippen LogP contribution in [0.15, 0.2) is 11.4 Å². The molecule has 7 nitrogen and oxygen atoms in total. The molecule has 0 aromatic carbocycles. The lowest BCUT2D eigenvalue weighted by Gasteiger charge is -2.38. The first-order valence-electron chi connectivity index (χ1n) is 8.43. The van der Waals surface area contributed by atoms with Crippen LogP contribution in [0.25, 0.3) is 0 Å². The zero-order valence-electron chi connectivity index (χ0n) is 13.7. The van der Waals surface area contributed by atoms with Gasteiger partial charge in [0.05, 0.1) is 0 Å². The SMILES string of the molecule is CCCCN1C(=O)C(=C(N)N)C(=O)N(C2CCCCCC2)C1=O. The predicted octanol–water partition coefficient (Wildman–Crippen LogP) is 1.43. The summed E-state index contributed by atoms with van der Waals surface area (Å²) in [5.74, 6) is -1.62. The van der Waals surface area contributed by atoms with Gasteiger partial charge in [0.15, 0.2) is 0 Å². The lowest BCUT2D eigenvalue weighted by molar-refractivity contribution is -0.137. The van der Waals surface area contributed by atoms with E-state index < -0.39 is 17.8 Å². The molecule has 2 aliphatic rings. The second kappa shape index (κ2) is 7.48. The minimum absolute atomic E-state index is 0.177. The Bertz CT molecular complexity index is 517. The van der Waals surface area contributed by atoms with E-state index in [0.717, 1.165) is 49.8 Å². The van der Waals surface area contributed by atoms with Crippen molar-refractivity contribution in [2.24, 2.45) is 11.5 Å². The monoisotopic (exact) mass is 322 g/mol. The van der Waals surface area contributed by atoms with E-state index in [4.69, 9.17) is 11.5 Å². The maximum atomic E-state index is 12.7. The van der Waals surface area contributed by atoms with Crippen LogP contribution < -0.4 is 11.5 Å². The Kier molecular flexibility index (Phi) is 5.63. The third-order valence-corrected chi connectivity index (χ3v) is 4.54. The van der Waals surface area contributed by atoms with Crippen molar-refractivity contribution in [2.75, 3.05) is 6.54 Å². The topological polar surface area (TPSA) is 110 Å². The molecule has 0 atom stereocenters. The Morgan fingerprint density at radius 3 is 2.17 bits per heavy atom. The summed E-state index contributed by atoms with van der Waals surface area (Å²) in [6, 6.07) is -0.700. The number of hydrogen-bond acceptors (Lipinski definition) is 5. The smallest absolute Gasteiger partial charge is 0.334 e. The minimum Gasteiger partial charge on any atom is -0.385 e. The molecule has 1 saturated heterocycles. The Hall–Kier alpha value is -2.05. The van der Waals surface area contributed by atoms with Crippen LogP contribution >= 0.6 is 0 Å². The van der Waals surface area contributed by atoms with Crippen LogP contribution in [0.3, 0.4) is 0 Å². The number of rotatable bonds is 4. The molecule has 128 valence electrons. The Labute approximate surface area is 136 Å². The molecule has 0 aromatic rings. The molecule has 1 saturated carbocycles. The number of urea groups is 1. The van der Waals surface area contributed by atoms with Crippen LogP contribution in [-0.4, -0.2) is 40.2 Å². The molecule has 1 aliphatic carbocycles. The van der Waals surface area contributed by atoms with Crippen LogP contribution in [0.4, 0.5) is 4.79 Å². The fourth-order valence-electron chi connectivity index (χ4n) is 3.25. The highest BCUT2D eigenvalue weighted by Gasteiger charge is 2.45. The van der Waals surface area contributed by atoms with Crippen LogP contribution in [0.5, 0.6) is 0 Å². The van der Waals surface area contributed by atoms with Crippen molar-refractivity contribution in [3.8, 4) is 0 Å². The highest BCUT2D eigenvalue weighted by molar-refractivity contribution is 6.29. The number of amides is 4. The second-order valence-corrected chi connectivity index (χ2v) is 6.24. The normalized spacial score (nSPS) is 20.9. The first-order valence-corrected chi connectivity index (χ1v) is 8.43. The molecular formula is C16H26N4O3. The fraction of sp³-hybridized carbons (Fsp3) is 0.688. The molecule has 0 radical (unpaired) electrons. The molecule has 4 amide bonds. The summed E-state index contributed by atoms with van der Waals surface area (Å²) in [5, 5.41) is 0. The van der Waals surface area contributed by atoms with Crippen molar-refractivity contribution in [1.82, 2.24) is 9.80 Å². The van der Waals surface area contributed by atoms with E-state index in [-0.39, 0.29) is 24.0 Å². The molecular weight excluding hydrogens is 296 g/mol. The van der Waals surface area contributed by atoms with E-state index in [1.165, 1.54) is 4.90 Å². The van der Waals surface area contributed by atoms with E-state index in [1.54, 1.807) is 0 Å². The van der Waals surface area contributed by atoms with Gasteiger partial charge in [0, 0.05) is 12.6 Å². The Morgan fingerprint density at radius 2 is 1.65 bits per heavy atom. The summed E-state index contributed by atoms with van der Waals surface area (Å²) in [4.78, 5) is 40.2. The van der Waals surface area contributed by atoms with Crippen molar-refractivity contribution in [1.29, 1.82) is 0 Å². The highest BCUT2D eigenvalue weighted by atomic mass is 16.2. The molecule has 4 N–H and O–H groups in total. The lowest BCUT2D eigenvalue weighted by atomic mass is 10.0. The van der Waals surface area contributed by atoms with Crippen LogP contribution in [0, 0.1) is 0 Å². The standard InChI is InChI=1S/C16H26N4O3/c1-2-3-10-19-14(21)12(13(17)18)15(22)20(16(19)23)11-8-6-4-5-7-9-11/h11H,2-10,17-18H2,1H3. The first kappa shape index (κ1) is 17.3. The van der Waals surface area contributed by atoms with Gasteiger partial charge in [-0.15, -0.1) is 0 Å². The van der Waals surface area contributed by atoms with E-state index in [0.29, 0.717) is 6.42 Å². The summed E-state index contributed by atoms with van der Waals surface area (Å²) in [6.45, 7) is 2.25. The third-order valence-electron chi connectivity index (χ3n) is 4.54. The van der Waals surface area contributed by atoms with Gasteiger partial charge in [-0.05, 0) is 19.3 Å². The lowest BCUT2D eigenvalue weighted by Crippen LogP contribution is -2.60. The van der Waals surface area contributed by atoms with Gasteiger partial charge in [0.1, 0.15) is 11.4 Å². The number of unbranched alkanes of at least 4 members (excludes halogenated alkanes) is 1. The van der Waals surface area contributed by atoms with E-state index in [2.05, 4.69) is 0 Å². The molecule has 2 rings (SSSR count). The average molecular weight is 322 g/mol. The average Bonchev–Trinajstić information content (AvgIpc) is 2.76. The van der Waals surface area contributed by atoms with Gasteiger partial charge in [-0.25, -0.2) is 4.79 Å². The molecule has 2 fully saturated rings. The molecule has 0 bridgehead atoms. The van der Waals surface area contributed by atoms with Gasteiger partial charge in [0.2, 0.25) is 0 Å². The Morgan fingerprint density at radius 1 is 1.04 bits per heavy atom. The van der Waals surface area contributed by atoms with Gasteiger partial charge < -0.3 is 11.5 Å². The number of barbiturate groups is 1. The van der Waals surface area contributed by atoms with E-state index >= 15 is 0 Å². The summed E-state index contributed by atoms with van der Waals surface area (Å²) in [6.07, 6.45) is 7.22. The quantitative estimate of drug-likeness (QED) is 0.462. The minimum atomic E-state index is -0.668. The van der Waals surface area contributed by atoms with Crippen molar-refractivity contribution in [3.05, 3.63) is 11.4 Å². The highest BCUT2D eigenvalue weighted by Crippen LogP contribution is 2.28. The second-order valence-electron chi connectivity index (χ2n) is 6.24. The number of nitrogens with zero attached hydrogens (tertiary/aromatic N) is 2. The summed E-state index contributed by atoms with van der Waals surface area (Å²) < 4.78 is 0. The summed E-state index contributed by atoms with van der Waals surface area (Å²) in [7, 11) is 0. The zero-order valence-corrected chi connectivity index (χ0v) is 13.7. The van der Waals surface area contributed by atoms with E-state index in [1.807, 2.05) is 6.92 Å².